The Hall–Kier alpha value is -0.310. The summed E-state index contributed by atoms with van der Waals surface area (Å²) >= 11 is 5.30. The molecule has 0 aromatic carbocycles. The van der Waals surface area contributed by atoms with E-state index in [2.05, 4.69) is 24.5 Å². The Labute approximate surface area is 98.2 Å². The minimum Gasteiger partial charge on any atom is -0.362 e. The minimum absolute atomic E-state index is 0.657. The highest BCUT2D eigenvalue weighted by atomic mass is 32.1. The number of rotatable bonds is 3. The van der Waals surface area contributed by atoms with Gasteiger partial charge in [-0.15, -0.1) is 0 Å². The molecule has 3 atom stereocenters. The normalized spacial score (nSPS) is 33.4. The fraction of sp³-hybridized carbons (Fsp3) is 0.917. The summed E-state index contributed by atoms with van der Waals surface area (Å²) in [5.41, 5.74) is 0. The van der Waals surface area contributed by atoms with Gasteiger partial charge in [0.2, 0.25) is 0 Å². The molecular formula is C12H22N2S. The number of thiocarbonyl (C=S) groups is 1. The Morgan fingerprint density at radius 1 is 1.33 bits per heavy atom. The van der Waals surface area contributed by atoms with Gasteiger partial charge in [0, 0.05) is 12.6 Å². The lowest BCUT2D eigenvalue weighted by Gasteiger charge is -2.24. The zero-order valence-electron chi connectivity index (χ0n) is 9.75. The van der Waals surface area contributed by atoms with Gasteiger partial charge in [0.25, 0.3) is 0 Å². The lowest BCUT2D eigenvalue weighted by molar-refractivity contribution is 0.388. The summed E-state index contributed by atoms with van der Waals surface area (Å²) in [6, 6.07) is 0.663. The molecule has 15 heavy (non-hydrogen) atoms. The molecule has 0 radical (unpaired) electrons. The lowest BCUT2D eigenvalue weighted by atomic mass is 9.96. The molecule has 2 aliphatic rings. The predicted molar refractivity (Wildman–Crippen MR) is 67.8 cm³/mol. The van der Waals surface area contributed by atoms with Gasteiger partial charge in [-0.1, -0.05) is 20.3 Å². The summed E-state index contributed by atoms with van der Waals surface area (Å²) < 4.78 is 0. The van der Waals surface area contributed by atoms with Crippen molar-refractivity contribution in [1.82, 2.24) is 10.6 Å². The van der Waals surface area contributed by atoms with E-state index in [-0.39, 0.29) is 0 Å². The molecule has 2 nitrogen and oxygen atoms in total. The first-order chi connectivity index (χ1) is 7.15. The molecule has 0 amide bonds. The molecular weight excluding hydrogens is 204 g/mol. The van der Waals surface area contributed by atoms with Gasteiger partial charge in [-0.25, -0.2) is 0 Å². The van der Waals surface area contributed by atoms with E-state index in [9.17, 15) is 0 Å². The Balaban J connectivity index is 1.71. The largest absolute Gasteiger partial charge is 0.362 e. The van der Waals surface area contributed by atoms with E-state index in [1.165, 1.54) is 25.7 Å². The van der Waals surface area contributed by atoms with Crippen LogP contribution in [0, 0.1) is 17.8 Å². The molecule has 0 aromatic heterocycles. The monoisotopic (exact) mass is 226 g/mol. The van der Waals surface area contributed by atoms with Crippen LogP contribution in [-0.2, 0) is 0 Å². The summed E-state index contributed by atoms with van der Waals surface area (Å²) in [6.45, 7) is 5.38. The smallest absolute Gasteiger partial charge is 0.166 e. The van der Waals surface area contributed by atoms with Crippen molar-refractivity contribution >= 4 is 17.3 Å². The van der Waals surface area contributed by atoms with Gasteiger partial charge in [-0.3, -0.25) is 0 Å². The maximum atomic E-state index is 5.30. The summed E-state index contributed by atoms with van der Waals surface area (Å²) in [7, 11) is 0. The highest BCUT2D eigenvalue weighted by Crippen LogP contribution is 2.44. The lowest BCUT2D eigenvalue weighted by Crippen LogP contribution is -2.45. The van der Waals surface area contributed by atoms with Crippen molar-refractivity contribution in [2.75, 3.05) is 6.54 Å². The Bertz CT molecular complexity index is 240. The van der Waals surface area contributed by atoms with Crippen LogP contribution < -0.4 is 10.6 Å². The summed E-state index contributed by atoms with van der Waals surface area (Å²) in [5.74, 6) is 2.54. The third kappa shape index (κ3) is 2.83. The molecule has 2 bridgehead atoms. The summed E-state index contributed by atoms with van der Waals surface area (Å²) in [6.07, 6.45) is 5.64. The predicted octanol–water partition coefficient (Wildman–Crippen LogP) is 2.30. The van der Waals surface area contributed by atoms with E-state index in [1.54, 1.807) is 0 Å². The van der Waals surface area contributed by atoms with E-state index in [0.717, 1.165) is 23.5 Å². The van der Waals surface area contributed by atoms with Gasteiger partial charge in [-0.05, 0) is 49.2 Å². The standard InChI is InChI=1S/C12H22N2S/c1-8(2)7-13-12(15)14-11-6-9-3-4-10(11)5-9/h8-11H,3-7H2,1-2H3,(H2,13,14,15)/t9-,10-,11+/m1/s1. The third-order valence-corrected chi connectivity index (χ3v) is 3.99. The van der Waals surface area contributed by atoms with Gasteiger partial charge in [0.15, 0.2) is 5.11 Å². The van der Waals surface area contributed by atoms with Crippen molar-refractivity contribution in [3.8, 4) is 0 Å². The van der Waals surface area contributed by atoms with Gasteiger partial charge in [0.05, 0.1) is 0 Å². The van der Waals surface area contributed by atoms with Gasteiger partial charge >= 0.3 is 0 Å². The van der Waals surface area contributed by atoms with E-state index >= 15 is 0 Å². The Morgan fingerprint density at radius 2 is 2.13 bits per heavy atom. The van der Waals surface area contributed by atoms with Crippen molar-refractivity contribution in [3.63, 3.8) is 0 Å². The van der Waals surface area contributed by atoms with E-state index in [4.69, 9.17) is 12.2 Å². The molecule has 0 aromatic rings. The number of fused-ring (bicyclic) bond motifs is 2. The fourth-order valence-electron chi connectivity index (χ4n) is 2.94. The zero-order valence-corrected chi connectivity index (χ0v) is 10.6. The molecule has 0 saturated heterocycles. The second-order valence-electron chi connectivity index (χ2n) is 5.53. The average molecular weight is 226 g/mol. The van der Waals surface area contributed by atoms with Crippen LogP contribution in [0.2, 0.25) is 0 Å². The van der Waals surface area contributed by atoms with Crippen molar-refractivity contribution < 1.29 is 0 Å². The quantitative estimate of drug-likeness (QED) is 0.722. The molecule has 2 rings (SSSR count). The van der Waals surface area contributed by atoms with Gasteiger partial charge in [0.1, 0.15) is 0 Å². The second kappa shape index (κ2) is 4.69. The van der Waals surface area contributed by atoms with Crippen LogP contribution >= 0.6 is 12.2 Å². The SMILES string of the molecule is CC(C)CNC(=S)N[C@H]1C[C@@H]2CC[C@@H]1C2. The van der Waals surface area contributed by atoms with E-state index < -0.39 is 0 Å². The Kier molecular flexibility index (Phi) is 3.49. The van der Waals surface area contributed by atoms with Crippen molar-refractivity contribution in [2.45, 2.75) is 45.6 Å². The first-order valence-corrected chi connectivity index (χ1v) is 6.60. The summed E-state index contributed by atoms with van der Waals surface area (Å²) in [4.78, 5) is 0. The van der Waals surface area contributed by atoms with Crippen molar-refractivity contribution in [1.29, 1.82) is 0 Å². The molecule has 3 heteroatoms. The number of hydrogen-bond donors (Lipinski definition) is 2. The highest BCUT2D eigenvalue weighted by molar-refractivity contribution is 7.80. The molecule has 2 saturated carbocycles. The molecule has 0 heterocycles. The van der Waals surface area contributed by atoms with Crippen LogP contribution in [-0.4, -0.2) is 17.7 Å². The number of hydrogen-bond acceptors (Lipinski definition) is 1. The van der Waals surface area contributed by atoms with Crippen molar-refractivity contribution in [2.24, 2.45) is 17.8 Å². The molecule has 2 N–H and O–H groups in total. The third-order valence-electron chi connectivity index (χ3n) is 3.73. The number of nitrogens with one attached hydrogen (secondary N) is 2. The first-order valence-electron chi connectivity index (χ1n) is 6.19. The molecule has 0 aliphatic heterocycles. The van der Waals surface area contributed by atoms with E-state index in [1.807, 2.05) is 0 Å². The second-order valence-corrected chi connectivity index (χ2v) is 5.94. The molecule has 0 spiro atoms. The van der Waals surface area contributed by atoms with E-state index in [0.29, 0.717) is 12.0 Å². The van der Waals surface area contributed by atoms with Crippen LogP contribution in [0.15, 0.2) is 0 Å². The summed E-state index contributed by atoms with van der Waals surface area (Å²) in [5, 5.41) is 7.64. The molecule has 2 fully saturated rings. The van der Waals surface area contributed by atoms with Crippen LogP contribution in [0.1, 0.15) is 39.5 Å². The van der Waals surface area contributed by atoms with Crippen LogP contribution in [0.25, 0.3) is 0 Å². The van der Waals surface area contributed by atoms with Crippen LogP contribution in [0.4, 0.5) is 0 Å². The van der Waals surface area contributed by atoms with Gasteiger partial charge in [-0.2, -0.15) is 0 Å². The van der Waals surface area contributed by atoms with Gasteiger partial charge < -0.3 is 10.6 Å². The van der Waals surface area contributed by atoms with Crippen LogP contribution in [0.5, 0.6) is 0 Å². The van der Waals surface area contributed by atoms with Crippen molar-refractivity contribution in [3.05, 3.63) is 0 Å². The molecule has 0 unspecified atom stereocenters. The molecule has 2 aliphatic carbocycles. The van der Waals surface area contributed by atoms with Crippen LogP contribution in [0.3, 0.4) is 0 Å². The fourth-order valence-corrected chi connectivity index (χ4v) is 3.17. The average Bonchev–Trinajstić information content (AvgIpc) is 2.76. The first kappa shape index (κ1) is 11.2. The minimum atomic E-state index is 0.657. The maximum Gasteiger partial charge on any atom is 0.166 e. The Morgan fingerprint density at radius 3 is 2.67 bits per heavy atom. The molecule has 86 valence electrons. The topological polar surface area (TPSA) is 24.1 Å². The highest BCUT2D eigenvalue weighted by Gasteiger charge is 2.39. The zero-order chi connectivity index (χ0) is 10.8. The maximum absolute atomic E-state index is 5.30.